The summed E-state index contributed by atoms with van der Waals surface area (Å²) in [5, 5.41) is 0. The Labute approximate surface area is 201 Å². The highest BCUT2D eigenvalue weighted by molar-refractivity contribution is 7.81. The lowest BCUT2D eigenvalue weighted by Gasteiger charge is -2.21. The van der Waals surface area contributed by atoms with Gasteiger partial charge in [0.2, 0.25) is 0 Å². The highest BCUT2D eigenvalue weighted by Gasteiger charge is 2.29. The number of carbonyl (C=O) groups excluding carboxylic acids is 3. The first kappa shape index (κ1) is 22.9. The largest absolute Gasteiger partial charge is 0.487 e. The Bertz CT molecular complexity index is 1160. The van der Waals surface area contributed by atoms with Crippen LogP contribution in [0.3, 0.4) is 0 Å². The third kappa shape index (κ3) is 4.31. The van der Waals surface area contributed by atoms with Gasteiger partial charge >= 0.3 is 0 Å². The van der Waals surface area contributed by atoms with Gasteiger partial charge in [-0.3, -0.25) is 19.3 Å². The van der Waals surface area contributed by atoms with Gasteiger partial charge in [-0.05, 0) is 41.5 Å². The molecule has 0 saturated heterocycles. The summed E-state index contributed by atoms with van der Waals surface area (Å²) in [7, 11) is 0. The van der Waals surface area contributed by atoms with Crippen LogP contribution in [0.25, 0.3) is 11.1 Å². The standard InChI is InChI=1S/C26H20N2O5S/c1-3-13-32-21-15-17(5-7-19(21)27-23(29)9-10-24(27)30)18-6-8-20(22(16-18)33-14-4-2)28-25(31)11-12-26(28)34/h3-12,15-16H,1-2,13-14H2. The van der Waals surface area contributed by atoms with Crippen LogP contribution in [0.1, 0.15) is 0 Å². The van der Waals surface area contributed by atoms with Crippen molar-refractivity contribution in [3.63, 3.8) is 0 Å². The molecule has 2 aliphatic rings. The number of nitrogens with zero attached hydrogens (tertiary/aromatic N) is 2. The highest BCUT2D eigenvalue weighted by atomic mass is 32.1. The smallest absolute Gasteiger partial charge is 0.258 e. The van der Waals surface area contributed by atoms with E-state index in [2.05, 4.69) is 13.2 Å². The number of thiocarbonyl (C=S) groups is 1. The van der Waals surface area contributed by atoms with Gasteiger partial charge in [0.1, 0.15) is 29.7 Å². The molecule has 4 rings (SSSR count). The molecule has 2 aliphatic heterocycles. The van der Waals surface area contributed by atoms with Crippen molar-refractivity contribution in [2.75, 3.05) is 23.0 Å². The zero-order chi connectivity index (χ0) is 24.2. The normalized spacial score (nSPS) is 14.8. The molecule has 0 atom stereocenters. The molecular formula is C26H20N2O5S. The van der Waals surface area contributed by atoms with Gasteiger partial charge in [-0.15, -0.1) is 0 Å². The third-order valence-corrected chi connectivity index (χ3v) is 5.39. The summed E-state index contributed by atoms with van der Waals surface area (Å²) in [6.07, 6.45) is 8.59. The van der Waals surface area contributed by atoms with Crippen LogP contribution in [0.4, 0.5) is 11.4 Å². The second-order valence-electron chi connectivity index (χ2n) is 7.25. The molecule has 0 radical (unpaired) electrons. The van der Waals surface area contributed by atoms with Crippen LogP contribution in [0.2, 0.25) is 0 Å². The molecule has 0 aromatic heterocycles. The van der Waals surface area contributed by atoms with Crippen molar-refractivity contribution in [2.24, 2.45) is 0 Å². The van der Waals surface area contributed by atoms with Gasteiger partial charge in [-0.2, -0.15) is 0 Å². The van der Waals surface area contributed by atoms with Gasteiger partial charge in [0, 0.05) is 18.2 Å². The molecule has 7 nitrogen and oxygen atoms in total. The minimum absolute atomic E-state index is 0.189. The van der Waals surface area contributed by atoms with E-state index in [-0.39, 0.29) is 19.1 Å². The molecule has 0 unspecified atom stereocenters. The molecule has 2 aromatic rings. The second kappa shape index (κ2) is 9.68. The molecule has 170 valence electrons. The van der Waals surface area contributed by atoms with Crippen LogP contribution >= 0.6 is 12.2 Å². The maximum atomic E-state index is 12.3. The summed E-state index contributed by atoms with van der Waals surface area (Å²) < 4.78 is 11.6. The van der Waals surface area contributed by atoms with Crippen molar-refractivity contribution in [3.05, 3.63) is 86.0 Å². The summed E-state index contributed by atoms with van der Waals surface area (Å²) in [4.78, 5) is 39.5. The Morgan fingerprint density at radius 2 is 1.15 bits per heavy atom. The Morgan fingerprint density at radius 1 is 0.706 bits per heavy atom. The summed E-state index contributed by atoms with van der Waals surface area (Å²) in [6, 6.07) is 10.5. The van der Waals surface area contributed by atoms with Crippen molar-refractivity contribution in [3.8, 4) is 22.6 Å². The Hall–Kier alpha value is -4.30. The van der Waals surface area contributed by atoms with E-state index in [1.165, 1.54) is 23.1 Å². The van der Waals surface area contributed by atoms with Crippen LogP contribution in [0.5, 0.6) is 11.5 Å². The summed E-state index contributed by atoms with van der Waals surface area (Å²) in [5.74, 6) is -0.334. The monoisotopic (exact) mass is 472 g/mol. The Morgan fingerprint density at radius 3 is 1.59 bits per heavy atom. The first-order chi connectivity index (χ1) is 16.4. The van der Waals surface area contributed by atoms with Crippen LogP contribution in [0, 0.1) is 0 Å². The number of rotatable bonds is 9. The number of hydrogen-bond acceptors (Lipinski definition) is 6. The van der Waals surface area contributed by atoms with E-state index < -0.39 is 11.8 Å². The molecular weight excluding hydrogens is 452 g/mol. The summed E-state index contributed by atoms with van der Waals surface area (Å²) in [5.41, 5.74) is 2.37. The summed E-state index contributed by atoms with van der Waals surface area (Å²) >= 11 is 5.29. The zero-order valence-corrected chi connectivity index (χ0v) is 18.9. The van der Waals surface area contributed by atoms with E-state index in [4.69, 9.17) is 21.7 Å². The lowest BCUT2D eigenvalue weighted by molar-refractivity contribution is -0.120. The molecule has 8 heteroatoms. The van der Waals surface area contributed by atoms with Crippen molar-refractivity contribution < 1.29 is 23.9 Å². The molecule has 2 aromatic carbocycles. The molecule has 0 aliphatic carbocycles. The molecule has 3 amide bonds. The predicted molar refractivity (Wildman–Crippen MR) is 134 cm³/mol. The van der Waals surface area contributed by atoms with Crippen molar-refractivity contribution >= 4 is 46.3 Å². The number of amides is 3. The third-order valence-electron chi connectivity index (χ3n) is 5.07. The Balaban J connectivity index is 1.75. The van der Waals surface area contributed by atoms with Crippen molar-refractivity contribution in [1.82, 2.24) is 0 Å². The number of anilines is 2. The molecule has 34 heavy (non-hydrogen) atoms. The van der Waals surface area contributed by atoms with Crippen LogP contribution in [0.15, 0.2) is 86.0 Å². The molecule has 0 fully saturated rings. The molecule has 2 heterocycles. The van der Waals surface area contributed by atoms with Gasteiger partial charge in [0.25, 0.3) is 17.7 Å². The fourth-order valence-electron chi connectivity index (χ4n) is 3.56. The van der Waals surface area contributed by atoms with E-state index in [0.29, 0.717) is 27.9 Å². The average Bonchev–Trinajstić information content (AvgIpc) is 3.35. The molecule has 0 bridgehead atoms. The molecule has 0 N–H and O–H groups in total. The molecule has 0 saturated carbocycles. The second-order valence-corrected chi connectivity index (χ2v) is 7.67. The number of benzene rings is 2. The van der Waals surface area contributed by atoms with Crippen LogP contribution in [-0.2, 0) is 14.4 Å². The minimum Gasteiger partial charge on any atom is -0.487 e. The van der Waals surface area contributed by atoms with E-state index in [1.54, 1.807) is 48.6 Å². The Kier molecular flexibility index (Phi) is 6.51. The van der Waals surface area contributed by atoms with Gasteiger partial charge in [-0.1, -0.05) is 49.7 Å². The maximum Gasteiger partial charge on any atom is 0.258 e. The number of ether oxygens (including phenoxy) is 2. The van der Waals surface area contributed by atoms with Crippen molar-refractivity contribution in [1.29, 1.82) is 0 Å². The zero-order valence-electron chi connectivity index (χ0n) is 18.1. The number of carbonyl (C=O) groups is 3. The highest BCUT2D eigenvalue weighted by Crippen LogP contribution is 2.39. The summed E-state index contributed by atoms with van der Waals surface area (Å²) in [6.45, 7) is 7.76. The van der Waals surface area contributed by atoms with Gasteiger partial charge < -0.3 is 9.47 Å². The first-order valence-electron chi connectivity index (χ1n) is 10.3. The topological polar surface area (TPSA) is 76.2 Å². The van der Waals surface area contributed by atoms with Gasteiger partial charge in [0.15, 0.2) is 0 Å². The lowest BCUT2D eigenvalue weighted by atomic mass is 10.0. The van der Waals surface area contributed by atoms with E-state index in [1.807, 2.05) is 6.07 Å². The average molecular weight is 473 g/mol. The lowest BCUT2D eigenvalue weighted by Crippen LogP contribution is -2.30. The van der Waals surface area contributed by atoms with Gasteiger partial charge in [0.05, 0.1) is 11.4 Å². The number of imide groups is 1. The minimum atomic E-state index is -0.439. The SMILES string of the molecule is C=CCOc1cc(-c2ccc(N3C(=O)C=CC3=S)c(OCC=C)c2)ccc1N1C(=O)C=CC1=O. The molecule has 0 spiro atoms. The van der Waals surface area contributed by atoms with Crippen LogP contribution in [-0.4, -0.2) is 35.9 Å². The quantitative estimate of drug-likeness (QED) is 0.310. The predicted octanol–water partition coefficient (Wildman–Crippen LogP) is 4.14. The fourth-order valence-corrected chi connectivity index (χ4v) is 3.82. The van der Waals surface area contributed by atoms with Crippen LogP contribution < -0.4 is 19.3 Å². The first-order valence-corrected chi connectivity index (χ1v) is 10.7. The fraction of sp³-hybridized carbons (Fsp3) is 0.0769. The van der Waals surface area contributed by atoms with E-state index in [0.717, 1.165) is 16.0 Å². The van der Waals surface area contributed by atoms with E-state index >= 15 is 0 Å². The van der Waals surface area contributed by atoms with Crippen molar-refractivity contribution in [2.45, 2.75) is 0 Å². The number of hydrogen-bond donors (Lipinski definition) is 0. The van der Waals surface area contributed by atoms with Gasteiger partial charge in [-0.25, -0.2) is 4.90 Å². The van der Waals surface area contributed by atoms with E-state index in [9.17, 15) is 14.4 Å². The maximum absolute atomic E-state index is 12.3.